The maximum absolute atomic E-state index is 5.97. The van der Waals surface area contributed by atoms with Crippen molar-refractivity contribution in [2.24, 2.45) is 10.9 Å². The summed E-state index contributed by atoms with van der Waals surface area (Å²) in [6.07, 6.45) is 7.73. The second kappa shape index (κ2) is 13.2. The van der Waals surface area contributed by atoms with Gasteiger partial charge in [0, 0.05) is 12.6 Å². The maximum Gasteiger partial charge on any atom is 0.190 e. The van der Waals surface area contributed by atoms with Crippen molar-refractivity contribution < 1.29 is 0 Å². The van der Waals surface area contributed by atoms with Crippen LogP contribution in [-0.4, -0.2) is 35.8 Å². The first-order valence-electron chi connectivity index (χ1n) is 11.0. The Morgan fingerprint density at radius 1 is 1.26 bits per heavy atom. The molecule has 1 fully saturated rings. The van der Waals surface area contributed by atoms with E-state index < -0.39 is 0 Å². The first-order chi connectivity index (χ1) is 14.9. The molecule has 2 aromatic rings. The van der Waals surface area contributed by atoms with Gasteiger partial charge in [0.05, 0.1) is 0 Å². The van der Waals surface area contributed by atoms with Crippen molar-refractivity contribution in [2.75, 3.05) is 24.1 Å². The van der Waals surface area contributed by atoms with Gasteiger partial charge in [0.25, 0.3) is 0 Å². The SMILES string of the molecule is C1CCNC1.C=Nc1sc(Nc2cc(CN[C@@H](C)C(C)C)cc(N)n2)nc1/C=C\CC. The lowest BCUT2D eigenvalue weighted by Crippen LogP contribution is -2.30. The number of hydrogen-bond acceptors (Lipinski definition) is 8. The number of thiazole rings is 1. The minimum Gasteiger partial charge on any atom is -0.384 e. The Balaban J connectivity index is 0.000000597. The van der Waals surface area contributed by atoms with Crippen LogP contribution in [0.4, 0.5) is 21.8 Å². The summed E-state index contributed by atoms with van der Waals surface area (Å²) >= 11 is 1.44. The van der Waals surface area contributed by atoms with Crippen molar-refractivity contribution in [3.63, 3.8) is 0 Å². The van der Waals surface area contributed by atoms with Crippen LogP contribution in [0.2, 0.25) is 0 Å². The summed E-state index contributed by atoms with van der Waals surface area (Å²) in [5, 5.41) is 11.5. The number of aromatic nitrogens is 2. The van der Waals surface area contributed by atoms with E-state index in [-0.39, 0.29) is 0 Å². The van der Waals surface area contributed by atoms with Crippen LogP contribution in [-0.2, 0) is 6.54 Å². The molecule has 0 bridgehead atoms. The molecule has 1 atom stereocenters. The van der Waals surface area contributed by atoms with Crippen LogP contribution < -0.4 is 21.7 Å². The zero-order valence-corrected chi connectivity index (χ0v) is 20.1. The molecule has 0 aromatic carbocycles. The number of nitrogens with zero attached hydrogens (tertiary/aromatic N) is 3. The third kappa shape index (κ3) is 8.77. The Hall–Kier alpha value is -2.29. The Labute approximate surface area is 190 Å². The van der Waals surface area contributed by atoms with Crippen molar-refractivity contribution in [1.29, 1.82) is 0 Å². The van der Waals surface area contributed by atoms with Gasteiger partial charge < -0.3 is 21.7 Å². The number of aliphatic imine (C=N–C) groups is 1. The molecule has 1 saturated heterocycles. The van der Waals surface area contributed by atoms with E-state index in [2.05, 4.69) is 65.3 Å². The lowest BCUT2D eigenvalue weighted by Gasteiger charge is -2.17. The summed E-state index contributed by atoms with van der Waals surface area (Å²) in [6.45, 7) is 15.5. The standard InChI is InChI=1S/C19H28N6S.C4H9N/c1-6-7-8-15-18(21-5)26-19(23-15)25-17-10-14(9-16(20)24-17)11-22-13(4)12(2)3;1-2-4-5-3-1/h7-10,12-13,22H,5-6,11H2,1-4H3,(H3,20,23,24,25);5H,1-4H2/b8-7-;/t13-;/m0./s1. The predicted molar refractivity (Wildman–Crippen MR) is 136 cm³/mol. The van der Waals surface area contributed by atoms with Crippen molar-refractivity contribution in [1.82, 2.24) is 20.6 Å². The van der Waals surface area contributed by atoms with Gasteiger partial charge in [-0.2, -0.15) is 0 Å². The zero-order chi connectivity index (χ0) is 22.6. The third-order valence-electron chi connectivity index (χ3n) is 5.01. The van der Waals surface area contributed by atoms with Gasteiger partial charge in [-0.1, -0.05) is 38.2 Å². The van der Waals surface area contributed by atoms with E-state index in [0.29, 0.717) is 23.6 Å². The van der Waals surface area contributed by atoms with Crippen LogP contribution in [0.1, 0.15) is 58.2 Å². The first kappa shape index (κ1) is 25.0. The smallest absolute Gasteiger partial charge is 0.190 e. The van der Waals surface area contributed by atoms with Crippen LogP contribution in [0.15, 0.2) is 23.2 Å². The fourth-order valence-electron chi connectivity index (χ4n) is 2.85. The molecule has 0 unspecified atom stereocenters. The van der Waals surface area contributed by atoms with E-state index >= 15 is 0 Å². The molecule has 170 valence electrons. The van der Waals surface area contributed by atoms with Crippen LogP contribution in [0.3, 0.4) is 0 Å². The van der Waals surface area contributed by atoms with Gasteiger partial charge in [-0.15, -0.1) is 0 Å². The second-order valence-corrected chi connectivity index (χ2v) is 8.94. The highest BCUT2D eigenvalue weighted by Gasteiger charge is 2.10. The van der Waals surface area contributed by atoms with Crippen LogP contribution in [0.5, 0.6) is 0 Å². The molecule has 1 aliphatic rings. The van der Waals surface area contributed by atoms with Crippen molar-refractivity contribution in [2.45, 2.75) is 59.5 Å². The van der Waals surface area contributed by atoms with Crippen molar-refractivity contribution >= 4 is 45.9 Å². The summed E-state index contributed by atoms with van der Waals surface area (Å²) in [5.41, 5.74) is 7.86. The van der Waals surface area contributed by atoms with Crippen molar-refractivity contribution in [3.8, 4) is 0 Å². The summed E-state index contributed by atoms with van der Waals surface area (Å²) in [5.74, 6) is 1.73. The Bertz CT molecular complexity index is 833. The number of pyridine rings is 1. The van der Waals surface area contributed by atoms with E-state index in [0.717, 1.165) is 34.4 Å². The van der Waals surface area contributed by atoms with Gasteiger partial charge in [0.2, 0.25) is 0 Å². The molecule has 0 aliphatic carbocycles. The molecular formula is C23H37N7S. The normalized spacial score (nSPS) is 14.5. The van der Waals surface area contributed by atoms with Crippen molar-refractivity contribution in [3.05, 3.63) is 29.5 Å². The molecule has 7 nitrogen and oxygen atoms in total. The number of hydrogen-bond donors (Lipinski definition) is 4. The first-order valence-corrected chi connectivity index (χ1v) is 11.9. The van der Waals surface area contributed by atoms with Gasteiger partial charge >= 0.3 is 0 Å². The molecule has 5 N–H and O–H groups in total. The predicted octanol–water partition coefficient (Wildman–Crippen LogP) is 5.12. The average Bonchev–Trinajstić information content (AvgIpc) is 3.43. The van der Waals surface area contributed by atoms with Gasteiger partial charge in [-0.3, -0.25) is 4.99 Å². The Kier molecular flexibility index (Phi) is 10.6. The molecule has 0 radical (unpaired) electrons. The van der Waals surface area contributed by atoms with Gasteiger partial charge in [-0.25, -0.2) is 9.97 Å². The monoisotopic (exact) mass is 443 g/mol. The quantitative estimate of drug-likeness (QED) is 0.401. The largest absolute Gasteiger partial charge is 0.384 e. The molecule has 1 aliphatic heterocycles. The minimum absolute atomic E-state index is 0.425. The van der Waals surface area contributed by atoms with Crippen LogP contribution >= 0.6 is 11.3 Å². The Morgan fingerprint density at radius 2 is 2.00 bits per heavy atom. The Morgan fingerprint density at radius 3 is 2.58 bits per heavy atom. The molecule has 8 heteroatoms. The number of nitrogens with one attached hydrogen (secondary N) is 3. The highest BCUT2D eigenvalue weighted by Crippen LogP contribution is 2.33. The number of allylic oxidation sites excluding steroid dienone is 1. The number of nitrogens with two attached hydrogens (primary N) is 1. The molecule has 31 heavy (non-hydrogen) atoms. The summed E-state index contributed by atoms with van der Waals surface area (Å²) < 4.78 is 0. The molecule has 0 saturated carbocycles. The maximum atomic E-state index is 5.97. The van der Waals surface area contributed by atoms with Crippen LogP contribution in [0, 0.1) is 5.92 Å². The molecular weight excluding hydrogens is 406 g/mol. The van der Waals surface area contributed by atoms with Gasteiger partial charge in [0.15, 0.2) is 5.13 Å². The molecule has 3 rings (SSSR count). The number of anilines is 3. The molecule has 0 amide bonds. The summed E-state index contributed by atoms with van der Waals surface area (Å²) in [4.78, 5) is 13.0. The second-order valence-electron chi connectivity index (χ2n) is 7.96. The van der Waals surface area contributed by atoms with E-state index in [9.17, 15) is 0 Å². The minimum atomic E-state index is 0.425. The van der Waals surface area contributed by atoms with Gasteiger partial charge in [0.1, 0.15) is 22.3 Å². The summed E-state index contributed by atoms with van der Waals surface area (Å²) in [7, 11) is 0. The van der Waals surface area contributed by atoms with E-state index in [1.54, 1.807) is 0 Å². The third-order valence-corrected chi connectivity index (χ3v) is 5.93. The fraction of sp³-hybridized carbons (Fsp3) is 0.522. The zero-order valence-electron chi connectivity index (χ0n) is 19.2. The number of nitrogen functional groups attached to an aromatic ring is 1. The number of rotatable bonds is 9. The highest BCUT2D eigenvalue weighted by atomic mass is 32.1. The highest BCUT2D eigenvalue weighted by molar-refractivity contribution is 7.19. The summed E-state index contributed by atoms with van der Waals surface area (Å²) in [6, 6.07) is 4.30. The molecule has 3 heterocycles. The van der Waals surface area contributed by atoms with E-state index in [4.69, 9.17) is 5.73 Å². The van der Waals surface area contributed by atoms with Gasteiger partial charge in [-0.05, 0) is 75.7 Å². The van der Waals surface area contributed by atoms with E-state index in [1.165, 1.54) is 37.3 Å². The topological polar surface area (TPSA) is 100 Å². The lowest BCUT2D eigenvalue weighted by molar-refractivity contribution is 0.426. The molecule has 2 aromatic heterocycles. The lowest BCUT2D eigenvalue weighted by atomic mass is 10.1. The van der Waals surface area contributed by atoms with Crippen LogP contribution in [0.25, 0.3) is 6.08 Å². The average molecular weight is 444 g/mol. The molecule has 0 spiro atoms. The fourth-order valence-corrected chi connectivity index (χ4v) is 3.62. The van der Waals surface area contributed by atoms with E-state index in [1.807, 2.05) is 24.3 Å².